The zero-order valence-electron chi connectivity index (χ0n) is 35.8. The summed E-state index contributed by atoms with van der Waals surface area (Å²) >= 11 is 0. The van der Waals surface area contributed by atoms with Gasteiger partial charge in [0.25, 0.3) is 0 Å². The van der Waals surface area contributed by atoms with Crippen molar-refractivity contribution in [2.75, 3.05) is 9.80 Å². The number of hydrogen-bond acceptors (Lipinski definition) is 2. The van der Waals surface area contributed by atoms with E-state index in [0.717, 1.165) is 38.5 Å². The Morgan fingerprint density at radius 1 is 0.444 bits per heavy atom. The number of allylic oxidation sites excluding steroid dienone is 4. The molecule has 0 aromatic heterocycles. The van der Waals surface area contributed by atoms with Crippen molar-refractivity contribution >= 4 is 62.1 Å². The van der Waals surface area contributed by atoms with Crippen molar-refractivity contribution in [2.24, 2.45) is 0 Å². The molecule has 1 fully saturated rings. The predicted octanol–water partition coefficient (Wildman–Crippen LogP) is 16.3. The van der Waals surface area contributed by atoms with Gasteiger partial charge < -0.3 is 9.80 Å². The van der Waals surface area contributed by atoms with Crippen molar-refractivity contribution in [3.63, 3.8) is 0 Å². The second kappa shape index (κ2) is 14.6. The Hall–Kier alpha value is -6.90. The van der Waals surface area contributed by atoms with Crippen LogP contribution in [0.2, 0.25) is 0 Å². The molecular formula is C61H50N2. The predicted molar refractivity (Wildman–Crippen MR) is 266 cm³/mol. The van der Waals surface area contributed by atoms with Gasteiger partial charge in [-0.1, -0.05) is 146 Å². The van der Waals surface area contributed by atoms with Crippen LogP contribution in [0.25, 0.3) is 44.8 Å². The first kappa shape index (κ1) is 36.7. The Kier molecular flexibility index (Phi) is 8.51. The van der Waals surface area contributed by atoms with Crippen LogP contribution in [0.5, 0.6) is 0 Å². The minimum absolute atomic E-state index is 0.0729. The molecule has 1 spiro atoms. The van der Waals surface area contributed by atoms with Crippen LogP contribution in [-0.4, -0.2) is 0 Å². The molecule has 13 rings (SSSR count). The van der Waals surface area contributed by atoms with E-state index in [-0.39, 0.29) is 5.41 Å². The Morgan fingerprint density at radius 3 is 1.70 bits per heavy atom. The molecule has 8 aromatic rings. The molecule has 63 heavy (non-hydrogen) atoms. The normalized spacial score (nSPS) is 17.1. The average Bonchev–Trinajstić information content (AvgIpc) is 3.83. The number of nitrogens with zero attached hydrogens (tertiary/aromatic N) is 2. The summed E-state index contributed by atoms with van der Waals surface area (Å²) in [5, 5.41) is 5.12. The number of rotatable bonds is 4. The fraction of sp³-hybridized carbons (Fsp3) is 0.180. The second-order valence-corrected chi connectivity index (χ2v) is 18.6. The molecule has 2 heteroatoms. The highest BCUT2D eigenvalue weighted by Gasteiger charge is 2.45. The Bertz CT molecular complexity index is 3210. The molecule has 0 unspecified atom stereocenters. The van der Waals surface area contributed by atoms with E-state index in [1.54, 1.807) is 5.56 Å². The summed E-state index contributed by atoms with van der Waals surface area (Å²) in [6, 6.07) is 60.3. The number of para-hydroxylation sites is 3. The first-order valence-electron chi connectivity index (χ1n) is 23.4. The summed E-state index contributed by atoms with van der Waals surface area (Å²) in [6.45, 7) is 0. The minimum Gasteiger partial charge on any atom is -0.314 e. The molecule has 0 amide bonds. The van der Waals surface area contributed by atoms with Gasteiger partial charge in [0, 0.05) is 39.5 Å². The molecule has 0 bridgehead atoms. The van der Waals surface area contributed by atoms with Crippen LogP contribution in [0.1, 0.15) is 83.9 Å². The van der Waals surface area contributed by atoms with Crippen molar-refractivity contribution in [2.45, 2.75) is 69.6 Å². The second-order valence-electron chi connectivity index (χ2n) is 18.6. The fourth-order valence-electron chi connectivity index (χ4n) is 12.2. The largest absolute Gasteiger partial charge is 0.314 e. The quantitative estimate of drug-likeness (QED) is 0.129. The molecule has 304 valence electrons. The molecule has 8 aromatic carbocycles. The Morgan fingerprint density at radius 2 is 0.984 bits per heavy atom. The molecule has 0 N–H and O–H groups in total. The van der Waals surface area contributed by atoms with Crippen LogP contribution >= 0.6 is 0 Å². The highest BCUT2D eigenvalue weighted by Crippen LogP contribution is 2.58. The third-order valence-electron chi connectivity index (χ3n) is 15.2. The van der Waals surface area contributed by atoms with E-state index < -0.39 is 0 Å². The molecule has 0 saturated heterocycles. The molecular weight excluding hydrogens is 761 g/mol. The number of fused-ring (bicyclic) bond motifs is 11. The van der Waals surface area contributed by atoms with Gasteiger partial charge >= 0.3 is 0 Å². The molecule has 5 aliphatic rings. The van der Waals surface area contributed by atoms with E-state index in [0.29, 0.717) is 0 Å². The molecule has 3 aliphatic carbocycles. The molecule has 2 aliphatic heterocycles. The van der Waals surface area contributed by atoms with Gasteiger partial charge in [0.05, 0.1) is 0 Å². The number of benzene rings is 8. The number of aryl methyl sites for hydroxylation is 3. The highest BCUT2D eigenvalue weighted by molar-refractivity contribution is 6.09. The molecule has 2 nitrogen and oxygen atoms in total. The van der Waals surface area contributed by atoms with E-state index in [9.17, 15) is 0 Å². The zero-order chi connectivity index (χ0) is 41.5. The maximum atomic E-state index is 2.62. The van der Waals surface area contributed by atoms with E-state index in [1.807, 2.05) is 0 Å². The van der Waals surface area contributed by atoms with Crippen molar-refractivity contribution in [1.29, 1.82) is 0 Å². The summed E-state index contributed by atoms with van der Waals surface area (Å²) < 4.78 is 0. The zero-order valence-corrected chi connectivity index (χ0v) is 35.8. The van der Waals surface area contributed by atoms with E-state index in [1.165, 1.54) is 131 Å². The Labute approximate surface area is 371 Å². The van der Waals surface area contributed by atoms with Crippen molar-refractivity contribution in [3.05, 3.63) is 220 Å². The standard InChI is InChI=1S/C61H50N2/c1-5-15-57-43(11-1)23-24-44-12-2-6-16-58(44)62(57)49-29-33-52-48(39-49)28-27-47-37-41(21-31-51(47)52)19-20-42-22-32-53-54-34-30-50(40-56(54)61(55(53)38-42)35-9-10-36-61)63-59-17-7-3-13-45(59)25-26-46-14-4-8-18-60(46)63/h1-7,11-17,19-22,27-34,37-40H,8-10,18,23-26,35-36H2/b20-19+. The molecule has 0 atom stereocenters. The van der Waals surface area contributed by atoms with Crippen molar-refractivity contribution < 1.29 is 0 Å². The maximum Gasteiger partial charge on any atom is 0.0493 e. The van der Waals surface area contributed by atoms with E-state index >= 15 is 0 Å². The van der Waals surface area contributed by atoms with Gasteiger partial charge in [0.2, 0.25) is 0 Å². The van der Waals surface area contributed by atoms with Gasteiger partial charge in [-0.2, -0.15) is 0 Å². The smallest absolute Gasteiger partial charge is 0.0493 e. The lowest BCUT2D eigenvalue weighted by atomic mass is 9.76. The van der Waals surface area contributed by atoms with Gasteiger partial charge in [-0.3, -0.25) is 0 Å². The van der Waals surface area contributed by atoms with Gasteiger partial charge in [0.15, 0.2) is 0 Å². The van der Waals surface area contributed by atoms with Crippen LogP contribution in [0, 0.1) is 0 Å². The monoisotopic (exact) mass is 810 g/mol. The summed E-state index contributed by atoms with van der Waals surface area (Å²) in [5.41, 5.74) is 22.2. The van der Waals surface area contributed by atoms with E-state index in [2.05, 4.69) is 192 Å². The van der Waals surface area contributed by atoms with Gasteiger partial charge in [-0.25, -0.2) is 0 Å². The fourth-order valence-corrected chi connectivity index (χ4v) is 12.2. The maximum absolute atomic E-state index is 2.62. The lowest BCUT2D eigenvalue weighted by molar-refractivity contribution is 0.550. The van der Waals surface area contributed by atoms with Crippen LogP contribution in [0.4, 0.5) is 28.4 Å². The molecule has 1 saturated carbocycles. The topological polar surface area (TPSA) is 6.48 Å². The third-order valence-corrected chi connectivity index (χ3v) is 15.2. The summed E-state index contributed by atoms with van der Waals surface area (Å²) in [5.74, 6) is 0. The molecule has 2 heterocycles. The third kappa shape index (κ3) is 5.91. The van der Waals surface area contributed by atoms with Crippen molar-refractivity contribution in [3.8, 4) is 11.1 Å². The summed E-state index contributed by atoms with van der Waals surface area (Å²) in [6.07, 6.45) is 20.9. The first-order chi connectivity index (χ1) is 31.2. The van der Waals surface area contributed by atoms with Gasteiger partial charge in [0.1, 0.15) is 0 Å². The molecule has 0 radical (unpaired) electrons. The van der Waals surface area contributed by atoms with Crippen LogP contribution in [0.15, 0.2) is 181 Å². The summed E-state index contributed by atoms with van der Waals surface area (Å²) in [4.78, 5) is 5.09. The van der Waals surface area contributed by atoms with Crippen LogP contribution in [0.3, 0.4) is 0 Å². The van der Waals surface area contributed by atoms with Crippen molar-refractivity contribution in [1.82, 2.24) is 0 Å². The lowest BCUT2D eigenvalue weighted by Gasteiger charge is -2.32. The lowest BCUT2D eigenvalue weighted by Crippen LogP contribution is -2.22. The SMILES string of the molecule is C1=CC2=C(CC1)N(c1ccc3c(c1)C1(CCCC1)c1cc(/C=C/c4ccc5c(ccc6cc(N7c8ccccc8CCc8ccccc87)ccc65)c4)ccc1-3)c1ccccc1CC2. The first-order valence-corrected chi connectivity index (χ1v) is 23.4. The number of anilines is 5. The van der Waals surface area contributed by atoms with Gasteiger partial charge in [-0.05, 0) is 177 Å². The Balaban J connectivity index is 0.820. The van der Waals surface area contributed by atoms with Crippen LogP contribution < -0.4 is 9.80 Å². The van der Waals surface area contributed by atoms with Gasteiger partial charge in [-0.15, -0.1) is 0 Å². The van der Waals surface area contributed by atoms with E-state index in [4.69, 9.17) is 0 Å². The van der Waals surface area contributed by atoms with Crippen LogP contribution in [-0.2, 0) is 24.7 Å². The highest BCUT2D eigenvalue weighted by atomic mass is 15.2. The number of hydrogen-bond donors (Lipinski definition) is 0. The minimum atomic E-state index is 0.0729. The average molecular weight is 811 g/mol. The summed E-state index contributed by atoms with van der Waals surface area (Å²) in [7, 11) is 0.